The fourth-order valence-electron chi connectivity index (χ4n) is 8.26. The summed E-state index contributed by atoms with van der Waals surface area (Å²) in [7, 11) is 0. The molecule has 0 N–H and O–H groups in total. The van der Waals surface area contributed by atoms with E-state index in [4.69, 9.17) is 0 Å². The van der Waals surface area contributed by atoms with Crippen LogP contribution in [0.3, 0.4) is 0 Å². The van der Waals surface area contributed by atoms with E-state index in [2.05, 4.69) is 217 Å². The molecule has 0 aliphatic heterocycles. The molecule has 0 bridgehead atoms. The maximum atomic E-state index is 2.45. The van der Waals surface area contributed by atoms with Crippen molar-refractivity contribution in [3.05, 3.63) is 188 Å². The summed E-state index contributed by atoms with van der Waals surface area (Å²) < 4.78 is 4.79. The van der Waals surface area contributed by atoms with Gasteiger partial charge in [0.25, 0.3) is 0 Å². The van der Waals surface area contributed by atoms with Crippen LogP contribution >= 0.6 is 0 Å². The zero-order valence-electron chi connectivity index (χ0n) is 30.2. The topological polar surface area (TPSA) is 13.1 Å². The SMILES string of the molecule is CC(C)(C)c1ccc2c(c1)c1cc(N(c3ccc4c(c3)c3ccccc3n4-c3ccccc3)c3cccc4ccccc34)ccc1n2-c1ccccc1. The number of benzene rings is 8. The van der Waals surface area contributed by atoms with Crippen LogP contribution in [0.1, 0.15) is 26.3 Å². The minimum Gasteiger partial charge on any atom is -0.310 e. The van der Waals surface area contributed by atoms with Gasteiger partial charge in [-0.15, -0.1) is 0 Å². The molecule has 0 saturated heterocycles. The Morgan fingerprint density at radius 3 is 1.47 bits per heavy atom. The van der Waals surface area contributed by atoms with Gasteiger partial charge >= 0.3 is 0 Å². The second-order valence-electron chi connectivity index (χ2n) is 15.1. The van der Waals surface area contributed by atoms with Crippen LogP contribution < -0.4 is 4.90 Å². The van der Waals surface area contributed by atoms with E-state index in [0.717, 1.165) is 28.4 Å². The molecule has 0 aliphatic carbocycles. The molecule has 0 fully saturated rings. The summed E-state index contributed by atoms with van der Waals surface area (Å²) >= 11 is 0. The van der Waals surface area contributed by atoms with Crippen molar-refractivity contribution in [1.29, 1.82) is 0 Å². The molecule has 10 rings (SSSR count). The van der Waals surface area contributed by atoms with Gasteiger partial charge in [-0.05, 0) is 101 Å². The first-order chi connectivity index (χ1) is 25.9. The third-order valence-electron chi connectivity index (χ3n) is 10.8. The van der Waals surface area contributed by atoms with E-state index in [9.17, 15) is 0 Å². The lowest BCUT2D eigenvalue weighted by Gasteiger charge is -2.27. The van der Waals surface area contributed by atoms with Gasteiger partial charge in [-0.2, -0.15) is 0 Å². The third kappa shape index (κ3) is 5.03. The van der Waals surface area contributed by atoms with Gasteiger partial charge in [-0.3, -0.25) is 0 Å². The van der Waals surface area contributed by atoms with Crippen LogP contribution in [0.2, 0.25) is 0 Å². The van der Waals surface area contributed by atoms with E-state index >= 15 is 0 Å². The van der Waals surface area contributed by atoms with Gasteiger partial charge in [0.1, 0.15) is 0 Å². The van der Waals surface area contributed by atoms with E-state index in [1.165, 1.54) is 59.9 Å². The van der Waals surface area contributed by atoms with Crippen LogP contribution in [0.4, 0.5) is 17.1 Å². The Bertz CT molecular complexity index is 2970. The molecule has 8 aromatic carbocycles. The third-order valence-corrected chi connectivity index (χ3v) is 10.8. The first kappa shape index (κ1) is 31.2. The van der Waals surface area contributed by atoms with Gasteiger partial charge in [-0.1, -0.05) is 118 Å². The molecule has 254 valence electrons. The summed E-state index contributed by atoms with van der Waals surface area (Å²) in [6.07, 6.45) is 0. The molecule has 0 amide bonds. The zero-order valence-corrected chi connectivity index (χ0v) is 30.2. The van der Waals surface area contributed by atoms with Gasteiger partial charge < -0.3 is 14.0 Å². The molecule has 3 heteroatoms. The molecule has 3 nitrogen and oxygen atoms in total. The summed E-state index contributed by atoms with van der Waals surface area (Å²) in [4.78, 5) is 2.45. The summed E-state index contributed by atoms with van der Waals surface area (Å²) in [6, 6.07) is 66.5. The predicted molar refractivity (Wildman–Crippen MR) is 226 cm³/mol. The molecular weight excluding hydrogens is 643 g/mol. The van der Waals surface area contributed by atoms with Crippen molar-refractivity contribution in [1.82, 2.24) is 9.13 Å². The van der Waals surface area contributed by atoms with Crippen molar-refractivity contribution in [3.8, 4) is 11.4 Å². The van der Waals surface area contributed by atoms with Crippen LogP contribution in [-0.2, 0) is 5.41 Å². The molecule has 2 aromatic heterocycles. The van der Waals surface area contributed by atoms with Crippen molar-refractivity contribution >= 4 is 71.4 Å². The molecule has 0 unspecified atom stereocenters. The largest absolute Gasteiger partial charge is 0.310 e. The summed E-state index contributed by atoms with van der Waals surface area (Å²) in [5.41, 5.74) is 11.9. The first-order valence-electron chi connectivity index (χ1n) is 18.4. The number of hydrogen-bond acceptors (Lipinski definition) is 1. The fourth-order valence-corrected chi connectivity index (χ4v) is 8.26. The first-order valence-corrected chi connectivity index (χ1v) is 18.4. The van der Waals surface area contributed by atoms with Gasteiger partial charge in [0.2, 0.25) is 0 Å². The van der Waals surface area contributed by atoms with E-state index in [1.807, 2.05) is 0 Å². The van der Waals surface area contributed by atoms with E-state index in [0.29, 0.717) is 0 Å². The Hall–Kier alpha value is -6.58. The number of aromatic nitrogens is 2. The number of fused-ring (bicyclic) bond motifs is 7. The molecule has 10 aromatic rings. The van der Waals surface area contributed by atoms with Gasteiger partial charge in [0.15, 0.2) is 0 Å². The van der Waals surface area contributed by atoms with Gasteiger partial charge in [0.05, 0.1) is 27.8 Å². The number of rotatable bonds is 5. The average molecular weight is 682 g/mol. The minimum atomic E-state index is 0.0241. The Balaban J connectivity index is 1.26. The number of nitrogens with zero attached hydrogens (tertiary/aromatic N) is 3. The molecule has 53 heavy (non-hydrogen) atoms. The predicted octanol–water partition coefficient (Wildman–Crippen LogP) is 13.8. The normalized spacial score (nSPS) is 12.1. The molecule has 0 spiro atoms. The lowest BCUT2D eigenvalue weighted by Crippen LogP contribution is -2.10. The van der Waals surface area contributed by atoms with Crippen LogP contribution in [0.15, 0.2) is 182 Å². The average Bonchev–Trinajstić information content (AvgIpc) is 3.70. The van der Waals surface area contributed by atoms with Crippen LogP contribution in [0, 0.1) is 0 Å². The molecule has 0 saturated carbocycles. The van der Waals surface area contributed by atoms with Crippen LogP contribution in [0.5, 0.6) is 0 Å². The number of hydrogen-bond donors (Lipinski definition) is 0. The Kier molecular flexibility index (Phi) is 7.06. The highest BCUT2D eigenvalue weighted by Gasteiger charge is 2.22. The maximum Gasteiger partial charge on any atom is 0.0542 e. The second-order valence-corrected chi connectivity index (χ2v) is 15.1. The highest BCUT2D eigenvalue weighted by Crippen LogP contribution is 2.44. The number of anilines is 3. The number of para-hydroxylation sites is 3. The monoisotopic (exact) mass is 681 g/mol. The van der Waals surface area contributed by atoms with Crippen molar-refractivity contribution in [2.45, 2.75) is 26.2 Å². The van der Waals surface area contributed by atoms with Gasteiger partial charge in [0, 0.05) is 49.7 Å². The Morgan fingerprint density at radius 2 is 0.849 bits per heavy atom. The second kappa shape index (κ2) is 12.0. The molecular formula is C50H39N3. The van der Waals surface area contributed by atoms with Crippen molar-refractivity contribution in [2.24, 2.45) is 0 Å². The van der Waals surface area contributed by atoms with E-state index in [-0.39, 0.29) is 5.41 Å². The Morgan fingerprint density at radius 1 is 0.377 bits per heavy atom. The lowest BCUT2D eigenvalue weighted by molar-refractivity contribution is 0.591. The van der Waals surface area contributed by atoms with Crippen molar-refractivity contribution < 1.29 is 0 Å². The van der Waals surface area contributed by atoms with Gasteiger partial charge in [-0.25, -0.2) is 0 Å². The zero-order chi connectivity index (χ0) is 35.7. The summed E-state index contributed by atoms with van der Waals surface area (Å²) in [6.45, 7) is 6.88. The van der Waals surface area contributed by atoms with E-state index in [1.54, 1.807) is 0 Å². The molecule has 0 aliphatic rings. The smallest absolute Gasteiger partial charge is 0.0542 e. The van der Waals surface area contributed by atoms with Crippen molar-refractivity contribution in [3.63, 3.8) is 0 Å². The van der Waals surface area contributed by atoms with Crippen LogP contribution in [-0.4, -0.2) is 9.13 Å². The Labute approximate surface area is 309 Å². The molecule has 0 radical (unpaired) electrons. The minimum absolute atomic E-state index is 0.0241. The van der Waals surface area contributed by atoms with E-state index < -0.39 is 0 Å². The highest BCUT2D eigenvalue weighted by atomic mass is 15.1. The maximum absolute atomic E-state index is 2.45. The highest BCUT2D eigenvalue weighted by molar-refractivity contribution is 6.13. The quantitative estimate of drug-likeness (QED) is 0.176. The fraction of sp³-hybridized carbons (Fsp3) is 0.0800. The summed E-state index contributed by atoms with van der Waals surface area (Å²) in [5.74, 6) is 0. The van der Waals surface area contributed by atoms with Crippen LogP contribution in [0.25, 0.3) is 65.8 Å². The van der Waals surface area contributed by atoms with Crippen molar-refractivity contribution in [2.75, 3.05) is 4.90 Å². The summed E-state index contributed by atoms with van der Waals surface area (Å²) in [5, 5.41) is 7.39. The standard InChI is InChI=1S/C50H39N3/c1-50(2,3)35-25-28-47-42(31-35)44-33-39(27-30-49(44)53(47)37-19-8-5-9-20-37)51(45-24-14-16-34-15-10-11-21-40(34)45)38-26-29-48-43(32-38)41-22-12-13-23-46(41)52(48)36-17-6-4-7-18-36/h4-33H,1-3H3. The molecule has 2 heterocycles. The molecule has 0 atom stereocenters. The lowest BCUT2D eigenvalue weighted by atomic mass is 9.86.